The first kappa shape index (κ1) is 20.2. The first-order valence-electron chi connectivity index (χ1n) is 9.54. The second-order valence-electron chi connectivity index (χ2n) is 6.88. The van der Waals surface area contributed by atoms with Crippen molar-refractivity contribution in [3.05, 3.63) is 106 Å². The predicted octanol–water partition coefficient (Wildman–Crippen LogP) is 6.80. The quantitative estimate of drug-likeness (QED) is 0.293. The third-order valence-electron chi connectivity index (χ3n) is 5.00. The highest BCUT2D eigenvalue weighted by atomic mass is 127. The molecule has 4 aromatic carbocycles. The standard InChI is InChI=1S/C26H19IO3/c28-24(29)17-23-25(20-14-8-3-9-15-20)21(18-10-4-1-5-11-18)16-22(26(23)27-30)19-12-6-2-7-13-19/h1-16H,17H2,(H,28,29). The molecule has 0 aliphatic heterocycles. The van der Waals surface area contributed by atoms with Crippen LogP contribution in [0.3, 0.4) is 0 Å². The zero-order valence-corrected chi connectivity index (χ0v) is 18.2. The zero-order chi connectivity index (χ0) is 20.9. The monoisotopic (exact) mass is 506 g/mol. The highest BCUT2D eigenvalue weighted by Gasteiger charge is 2.23. The van der Waals surface area contributed by atoms with Crippen LogP contribution in [0.15, 0.2) is 97.1 Å². The number of aliphatic carboxylic acids is 1. The zero-order valence-electron chi connectivity index (χ0n) is 16.1. The Labute approximate surface area is 185 Å². The van der Waals surface area contributed by atoms with Gasteiger partial charge in [-0.2, -0.15) is 0 Å². The van der Waals surface area contributed by atoms with E-state index in [-0.39, 0.29) is 6.42 Å². The summed E-state index contributed by atoms with van der Waals surface area (Å²) in [7, 11) is 0. The van der Waals surface area contributed by atoms with Crippen molar-refractivity contribution in [3.63, 3.8) is 0 Å². The summed E-state index contributed by atoms with van der Waals surface area (Å²) in [6.07, 6.45) is -0.179. The molecule has 1 N–H and O–H groups in total. The number of carboxylic acid groups (broad SMARTS) is 1. The number of carboxylic acids is 1. The van der Waals surface area contributed by atoms with Crippen molar-refractivity contribution in [2.75, 3.05) is 0 Å². The first-order valence-corrected chi connectivity index (χ1v) is 11.5. The van der Waals surface area contributed by atoms with Gasteiger partial charge in [0.1, 0.15) is 0 Å². The third-order valence-corrected chi connectivity index (χ3v) is 6.67. The van der Waals surface area contributed by atoms with E-state index in [9.17, 15) is 13.0 Å². The Morgan fingerprint density at radius 3 is 1.63 bits per heavy atom. The van der Waals surface area contributed by atoms with Crippen LogP contribution in [-0.4, -0.2) is 11.1 Å². The lowest BCUT2D eigenvalue weighted by atomic mass is 9.86. The first-order chi connectivity index (χ1) is 14.7. The molecule has 0 radical (unpaired) electrons. The van der Waals surface area contributed by atoms with Gasteiger partial charge in [-0.1, -0.05) is 91.0 Å². The molecule has 4 aromatic rings. The average Bonchev–Trinajstić information content (AvgIpc) is 2.79. The molecule has 0 aromatic heterocycles. The second kappa shape index (κ2) is 9.13. The van der Waals surface area contributed by atoms with E-state index < -0.39 is 27.2 Å². The summed E-state index contributed by atoms with van der Waals surface area (Å²) < 4.78 is 13.1. The fraction of sp³-hybridized carbons (Fsp3) is 0.0385. The number of halogens is 1. The third kappa shape index (κ3) is 4.09. The molecular formula is C26H19IO3. The van der Waals surface area contributed by atoms with E-state index in [0.717, 1.165) is 33.4 Å². The number of rotatable bonds is 6. The van der Waals surface area contributed by atoms with Crippen LogP contribution < -0.4 is 0 Å². The molecule has 0 amide bonds. The van der Waals surface area contributed by atoms with Crippen LogP contribution in [0.5, 0.6) is 0 Å². The van der Waals surface area contributed by atoms with Crippen LogP contribution >= 0.6 is 21.2 Å². The molecule has 4 rings (SSSR count). The van der Waals surface area contributed by atoms with Crippen LogP contribution in [0.25, 0.3) is 33.4 Å². The molecule has 0 unspecified atom stereocenters. The van der Waals surface area contributed by atoms with Gasteiger partial charge in [0.25, 0.3) is 0 Å². The molecule has 0 aliphatic rings. The lowest BCUT2D eigenvalue weighted by molar-refractivity contribution is -0.136. The van der Waals surface area contributed by atoms with Crippen molar-refractivity contribution in [1.29, 1.82) is 0 Å². The molecule has 148 valence electrons. The van der Waals surface area contributed by atoms with E-state index in [1.54, 1.807) is 0 Å². The summed E-state index contributed by atoms with van der Waals surface area (Å²) in [6.45, 7) is 0. The molecule has 3 nitrogen and oxygen atoms in total. The summed E-state index contributed by atoms with van der Waals surface area (Å²) in [6, 6.07) is 31.5. The van der Waals surface area contributed by atoms with Gasteiger partial charge in [-0.15, -0.1) is 0 Å². The molecule has 0 spiro atoms. The molecular weight excluding hydrogens is 487 g/mol. The van der Waals surface area contributed by atoms with Crippen molar-refractivity contribution in [2.24, 2.45) is 0 Å². The summed E-state index contributed by atoms with van der Waals surface area (Å²) in [5.41, 5.74) is 6.12. The van der Waals surface area contributed by atoms with Crippen molar-refractivity contribution < 1.29 is 13.0 Å². The van der Waals surface area contributed by atoms with Crippen molar-refractivity contribution in [1.82, 2.24) is 0 Å². The van der Waals surface area contributed by atoms with Gasteiger partial charge in [-0.25, -0.2) is 0 Å². The molecule has 0 atom stereocenters. The van der Waals surface area contributed by atoms with Gasteiger partial charge in [0.2, 0.25) is 0 Å². The van der Waals surface area contributed by atoms with Crippen LogP contribution in [0, 0.1) is 3.57 Å². The maximum absolute atomic E-state index is 12.5. The lowest BCUT2D eigenvalue weighted by Gasteiger charge is -2.20. The summed E-state index contributed by atoms with van der Waals surface area (Å²) >= 11 is -1.60. The van der Waals surface area contributed by atoms with Crippen LogP contribution in [-0.2, 0) is 14.3 Å². The minimum Gasteiger partial charge on any atom is -0.481 e. The highest BCUT2D eigenvalue weighted by molar-refractivity contribution is 14.1. The van der Waals surface area contributed by atoms with Gasteiger partial charge in [0.05, 0.1) is 9.99 Å². The Morgan fingerprint density at radius 1 is 0.700 bits per heavy atom. The van der Waals surface area contributed by atoms with Gasteiger partial charge in [0.15, 0.2) is 21.2 Å². The van der Waals surface area contributed by atoms with E-state index in [4.69, 9.17) is 0 Å². The van der Waals surface area contributed by atoms with E-state index in [2.05, 4.69) is 6.07 Å². The normalized spacial score (nSPS) is 10.7. The molecule has 30 heavy (non-hydrogen) atoms. The molecule has 0 saturated heterocycles. The number of hydrogen-bond acceptors (Lipinski definition) is 2. The van der Waals surface area contributed by atoms with E-state index in [0.29, 0.717) is 9.13 Å². The molecule has 0 fully saturated rings. The molecule has 0 saturated carbocycles. The maximum atomic E-state index is 12.5. The smallest absolute Gasteiger partial charge is 0.307 e. The van der Waals surface area contributed by atoms with Crippen molar-refractivity contribution >= 4 is 27.2 Å². The van der Waals surface area contributed by atoms with Gasteiger partial charge >= 0.3 is 5.97 Å². The van der Waals surface area contributed by atoms with Gasteiger partial charge in [-0.05, 0) is 45.0 Å². The Bertz CT molecular complexity index is 1190. The predicted molar refractivity (Wildman–Crippen MR) is 127 cm³/mol. The van der Waals surface area contributed by atoms with Crippen molar-refractivity contribution in [2.45, 2.75) is 6.42 Å². The van der Waals surface area contributed by atoms with Gasteiger partial charge in [-0.3, -0.25) is 7.86 Å². The molecule has 0 heterocycles. The van der Waals surface area contributed by atoms with E-state index in [1.807, 2.05) is 91.0 Å². The largest absolute Gasteiger partial charge is 0.481 e. The Morgan fingerprint density at radius 2 is 1.17 bits per heavy atom. The number of hydrogen-bond donors (Lipinski definition) is 1. The topological polar surface area (TPSA) is 54.4 Å². The summed E-state index contributed by atoms with van der Waals surface area (Å²) in [5, 5.41) is 9.69. The van der Waals surface area contributed by atoms with Gasteiger partial charge < -0.3 is 5.11 Å². The Balaban J connectivity index is 2.14. The Kier molecular flexibility index (Phi) is 6.14. The minimum absolute atomic E-state index is 0.179. The summed E-state index contributed by atoms with van der Waals surface area (Å²) in [4.78, 5) is 11.8. The lowest BCUT2D eigenvalue weighted by Crippen LogP contribution is -2.07. The van der Waals surface area contributed by atoms with Crippen LogP contribution in [0.1, 0.15) is 5.56 Å². The molecule has 4 heteroatoms. The van der Waals surface area contributed by atoms with Crippen LogP contribution in [0.4, 0.5) is 0 Å². The van der Waals surface area contributed by atoms with Gasteiger partial charge in [0, 0.05) is 0 Å². The van der Waals surface area contributed by atoms with Crippen LogP contribution in [0.2, 0.25) is 0 Å². The number of benzene rings is 4. The van der Waals surface area contributed by atoms with Crippen molar-refractivity contribution in [3.8, 4) is 33.4 Å². The maximum Gasteiger partial charge on any atom is 0.307 e. The fourth-order valence-electron chi connectivity index (χ4n) is 3.73. The van der Waals surface area contributed by atoms with E-state index >= 15 is 0 Å². The second-order valence-corrected chi connectivity index (χ2v) is 8.40. The van der Waals surface area contributed by atoms with E-state index in [1.165, 1.54) is 0 Å². The Hall–Kier alpha value is -3.12. The fourth-order valence-corrected chi connectivity index (χ4v) is 5.16. The summed E-state index contributed by atoms with van der Waals surface area (Å²) in [5.74, 6) is -0.935. The molecule has 0 aliphatic carbocycles. The highest BCUT2D eigenvalue weighted by Crippen LogP contribution is 2.43. The minimum atomic E-state index is -1.60. The SMILES string of the molecule is O=Ic1c(-c2ccccc2)cc(-c2ccccc2)c(-c2ccccc2)c1CC(=O)O. The number of carbonyl (C=O) groups is 1. The average molecular weight is 506 g/mol. The molecule has 0 bridgehead atoms.